The number of hydrogen-bond donors (Lipinski definition) is 1. The number of amides is 2. The quantitative estimate of drug-likeness (QED) is 0.642. The molecule has 0 bridgehead atoms. The van der Waals surface area contributed by atoms with Crippen molar-refractivity contribution in [1.29, 1.82) is 0 Å². The van der Waals surface area contributed by atoms with Crippen LogP contribution in [0.2, 0.25) is 5.02 Å². The lowest BCUT2D eigenvalue weighted by Gasteiger charge is -2.29. The van der Waals surface area contributed by atoms with Crippen LogP contribution in [0.15, 0.2) is 48.5 Å². The zero-order valence-corrected chi connectivity index (χ0v) is 18.5. The number of benzene rings is 2. The van der Waals surface area contributed by atoms with Crippen LogP contribution in [0.3, 0.4) is 0 Å². The van der Waals surface area contributed by atoms with Crippen LogP contribution < -0.4 is 5.32 Å². The zero-order valence-electron chi connectivity index (χ0n) is 17.7. The van der Waals surface area contributed by atoms with Gasteiger partial charge in [0.1, 0.15) is 6.04 Å². The van der Waals surface area contributed by atoms with Crippen molar-refractivity contribution in [1.82, 2.24) is 10.2 Å². The molecule has 2 amide bonds. The van der Waals surface area contributed by atoms with Gasteiger partial charge >= 0.3 is 0 Å². The van der Waals surface area contributed by atoms with Crippen LogP contribution in [0.25, 0.3) is 0 Å². The minimum Gasteiger partial charge on any atom is -0.354 e. The summed E-state index contributed by atoms with van der Waals surface area (Å²) in [7, 11) is 0. The van der Waals surface area contributed by atoms with Gasteiger partial charge in [0.15, 0.2) is 0 Å². The van der Waals surface area contributed by atoms with Crippen LogP contribution in [0.1, 0.15) is 43.9 Å². The SMILES string of the molecule is Cc1ccc(CCC(=O)N(Cc2ccc(Cl)cc2)[C@H](C)C(=O)NCC(C)C)cc1. The molecule has 0 aliphatic rings. The first-order valence-corrected chi connectivity index (χ1v) is 10.5. The number of hydrogen-bond acceptors (Lipinski definition) is 2. The van der Waals surface area contributed by atoms with E-state index in [-0.39, 0.29) is 11.8 Å². The van der Waals surface area contributed by atoms with Gasteiger partial charge in [0.25, 0.3) is 0 Å². The lowest BCUT2D eigenvalue weighted by molar-refractivity contribution is -0.140. The van der Waals surface area contributed by atoms with Crippen LogP contribution in [-0.2, 0) is 22.6 Å². The van der Waals surface area contributed by atoms with Crippen molar-refractivity contribution in [3.63, 3.8) is 0 Å². The van der Waals surface area contributed by atoms with Crippen molar-refractivity contribution < 1.29 is 9.59 Å². The molecule has 2 aromatic rings. The molecule has 0 saturated carbocycles. The van der Waals surface area contributed by atoms with E-state index in [1.807, 2.05) is 57.2 Å². The molecule has 0 heterocycles. The number of nitrogens with zero attached hydrogens (tertiary/aromatic N) is 1. The fourth-order valence-electron chi connectivity index (χ4n) is 2.97. The largest absolute Gasteiger partial charge is 0.354 e. The Morgan fingerprint density at radius 1 is 0.966 bits per heavy atom. The first kappa shape index (κ1) is 23.0. The molecule has 0 spiro atoms. The van der Waals surface area contributed by atoms with Gasteiger partial charge in [-0.1, -0.05) is 67.4 Å². The number of halogens is 1. The lowest BCUT2D eigenvalue weighted by Crippen LogP contribution is -2.48. The topological polar surface area (TPSA) is 49.4 Å². The minimum atomic E-state index is -0.546. The molecular weight excluding hydrogens is 384 g/mol. The van der Waals surface area contributed by atoms with Crippen LogP contribution in [0, 0.1) is 12.8 Å². The highest BCUT2D eigenvalue weighted by Crippen LogP contribution is 2.16. The first-order chi connectivity index (χ1) is 13.8. The van der Waals surface area contributed by atoms with Crippen LogP contribution in [0.5, 0.6) is 0 Å². The molecule has 0 aliphatic heterocycles. The van der Waals surface area contributed by atoms with E-state index < -0.39 is 6.04 Å². The molecule has 156 valence electrons. The van der Waals surface area contributed by atoms with Gasteiger partial charge in [0, 0.05) is 24.5 Å². The molecule has 0 saturated heterocycles. The molecule has 0 unspecified atom stereocenters. The van der Waals surface area contributed by atoms with Crippen molar-refractivity contribution in [2.75, 3.05) is 6.54 Å². The molecule has 1 atom stereocenters. The Kier molecular flexibility index (Phi) is 8.71. The van der Waals surface area contributed by atoms with Crippen molar-refractivity contribution in [2.45, 2.75) is 53.1 Å². The summed E-state index contributed by atoms with van der Waals surface area (Å²) in [6.07, 6.45) is 1.01. The number of aryl methyl sites for hydroxylation is 2. The molecule has 1 N–H and O–H groups in total. The third-order valence-corrected chi connectivity index (χ3v) is 5.12. The van der Waals surface area contributed by atoms with Gasteiger partial charge in [0.05, 0.1) is 0 Å². The Morgan fingerprint density at radius 3 is 2.14 bits per heavy atom. The average molecular weight is 415 g/mol. The van der Waals surface area contributed by atoms with E-state index in [9.17, 15) is 9.59 Å². The Bertz CT molecular complexity index is 801. The highest BCUT2D eigenvalue weighted by atomic mass is 35.5. The third-order valence-electron chi connectivity index (χ3n) is 4.87. The van der Waals surface area contributed by atoms with Gasteiger partial charge in [-0.2, -0.15) is 0 Å². The number of carbonyl (C=O) groups is 2. The molecular formula is C24H31ClN2O2. The van der Waals surface area contributed by atoms with Crippen LogP contribution in [-0.4, -0.2) is 29.3 Å². The Morgan fingerprint density at radius 2 is 1.55 bits per heavy atom. The van der Waals surface area contributed by atoms with E-state index in [2.05, 4.69) is 5.32 Å². The summed E-state index contributed by atoms with van der Waals surface area (Å²) in [4.78, 5) is 27.3. The van der Waals surface area contributed by atoms with Crippen molar-refractivity contribution in [2.24, 2.45) is 5.92 Å². The first-order valence-electron chi connectivity index (χ1n) is 10.1. The van der Waals surface area contributed by atoms with Gasteiger partial charge in [-0.05, 0) is 49.4 Å². The summed E-state index contributed by atoms with van der Waals surface area (Å²) in [5.74, 6) is 0.192. The van der Waals surface area contributed by atoms with E-state index in [1.54, 1.807) is 24.0 Å². The van der Waals surface area contributed by atoms with E-state index in [0.717, 1.165) is 11.1 Å². The summed E-state index contributed by atoms with van der Waals surface area (Å²) in [5, 5.41) is 3.59. The fourth-order valence-corrected chi connectivity index (χ4v) is 3.10. The summed E-state index contributed by atoms with van der Waals surface area (Å²) in [6, 6.07) is 15.0. The number of rotatable bonds is 9. The predicted octanol–water partition coefficient (Wildman–Crippen LogP) is 4.77. The van der Waals surface area contributed by atoms with E-state index in [0.29, 0.717) is 36.9 Å². The van der Waals surface area contributed by atoms with E-state index >= 15 is 0 Å². The van der Waals surface area contributed by atoms with Crippen LogP contribution in [0.4, 0.5) is 0 Å². The third kappa shape index (κ3) is 7.54. The normalized spacial score (nSPS) is 11.9. The molecule has 0 aromatic heterocycles. The highest BCUT2D eigenvalue weighted by Gasteiger charge is 2.25. The summed E-state index contributed by atoms with van der Waals surface area (Å²) >= 11 is 5.98. The van der Waals surface area contributed by atoms with Gasteiger partial charge in [-0.25, -0.2) is 0 Å². The minimum absolute atomic E-state index is 0.0345. The second kappa shape index (κ2) is 11.0. The van der Waals surface area contributed by atoms with Crippen molar-refractivity contribution >= 4 is 23.4 Å². The smallest absolute Gasteiger partial charge is 0.242 e. The molecule has 0 radical (unpaired) electrons. The summed E-state index contributed by atoms with van der Waals surface area (Å²) in [5.41, 5.74) is 3.26. The van der Waals surface area contributed by atoms with Crippen molar-refractivity contribution in [3.05, 3.63) is 70.2 Å². The Balaban J connectivity index is 2.10. The van der Waals surface area contributed by atoms with Gasteiger partial charge in [-0.15, -0.1) is 0 Å². The molecule has 2 aromatic carbocycles. The average Bonchev–Trinajstić information content (AvgIpc) is 2.70. The molecule has 5 heteroatoms. The summed E-state index contributed by atoms with van der Waals surface area (Å²) < 4.78 is 0. The lowest BCUT2D eigenvalue weighted by atomic mass is 10.1. The van der Waals surface area contributed by atoms with Crippen molar-refractivity contribution in [3.8, 4) is 0 Å². The van der Waals surface area contributed by atoms with E-state index in [1.165, 1.54) is 5.56 Å². The fraction of sp³-hybridized carbons (Fsp3) is 0.417. The maximum Gasteiger partial charge on any atom is 0.242 e. The number of carbonyl (C=O) groups excluding carboxylic acids is 2. The molecule has 0 aliphatic carbocycles. The molecule has 29 heavy (non-hydrogen) atoms. The number of nitrogens with one attached hydrogen (secondary N) is 1. The second-order valence-corrected chi connectivity index (χ2v) is 8.39. The monoisotopic (exact) mass is 414 g/mol. The Labute approximate surface area is 179 Å². The maximum atomic E-state index is 13.1. The van der Waals surface area contributed by atoms with Gasteiger partial charge in [0.2, 0.25) is 11.8 Å². The van der Waals surface area contributed by atoms with Gasteiger partial charge in [-0.3, -0.25) is 9.59 Å². The van der Waals surface area contributed by atoms with Crippen LogP contribution >= 0.6 is 11.6 Å². The second-order valence-electron chi connectivity index (χ2n) is 7.95. The zero-order chi connectivity index (χ0) is 21.4. The Hall–Kier alpha value is -2.33. The molecule has 2 rings (SSSR count). The molecule has 0 fully saturated rings. The predicted molar refractivity (Wildman–Crippen MR) is 119 cm³/mol. The van der Waals surface area contributed by atoms with E-state index in [4.69, 9.17) is 11.6 Å². The van der Waals surface area contributed by atoms with Gasteiger partial charge < -0.3 is 10.2 Å². The highest BCUT2D eigenvalue weighted by molar-refractivity contribution is 6.30. The summed E-state index contributed by atoms with van der Waals surface area (Å²) in [6.45, 7) is 8.89. The maximum absolute atomic E-state index is 13.1. The molecule has 4 nitrogen and oxygen atoms in total. The standard InChI is InChI=1S/C24H31ClN2O2/c1-17(2)15-26-24(29)19(4)27(16-21-9-12-22(25)13-10-21)23(28)14-11-20-7-5-18(3)6-8-20/h5-10,12-13,17,19H,11,14-16H2,1-4H3,(H,26,29)/t19-/m1/s1.